The van der Waals surface area contributed by atoms with E-state index in [1.807, 2.05) is 24.3 Å². The van der Waals surface area contributed by atoms with Crippen molar-refractivity contribution < 1.29 is 17.9 Å². The summed E-state index contributed by atoms with van der Waals surface area (Å²) in [5.74, 6) is -0.710. The van der Waals surface area contributed by atoms with Gasteiger partial charge in [0, 0.05) is 12.7 Å². The molecule has 3 nitrogen and oxygen atoms in total. The average Bonchev–Trinajstić information content (AvgIpc) is 2.37. The van der Waals surface area contributed by atoms with E-state index < -0.39 is 12.1 Å². The monoisotopic (exact) mass is 274 g/mol. The van der Waals surface area contributed by atoms with Crippen molar-refractivity contribution in [1.29, 1.82) is 0 Å². The molecule has 106 valence electrons. The van der Waals surface area contributed by atoms with Crippen molar-refractivity contribution in [2.45, 2.75) is 19.6 Å². The van der Waals surface area contributed by atoms with Gasteiger partial charge in [0.15, 0.2) is 0 Å². The Hall–Kier alpha value is -1.69. The van der Waals surface area contributed by atoms with E-state index in [1.165, 1.54) is 6.20 Å². The number of ether oxygens (including phenoxy) is 1. The van der Waals surface area contributed by atoms with Gasteiger partial charge in [-0.05, 0) is 17.7 Å². The van der Waals surface area contributed by atoms with Gasteiger partial charge >= 0.3 is 6.18 Å². The molecule has 1 aromatic rings. The van der Waals surface area contributed by atoms with Crippen LogP contribution in [0, 0.1) is 5.92 Å². The van der Waals surface area contributed by atoms with Gasteiger partial charge in [0.05, 0.1) is 13.0 Å². The van der Waals surface area contributed by atoms with Crippen molar-refractivity contribution in [3.8, 4) is 5.75 Å². The quantitative estimate of drug-likeness (QED) is 0.618. The molecule has 0 amide bonds. The summed E-state index contributed by atoms with van der Waals surface area (Å²) in [7, 11) is 1.58. The molecule has 0 heterocycles. The lowest BCUT2D eigenvalue weighted by Crippen LogP contribution is -2.27. The Bertz CT molecular complexity index is 401. The standard InChI is InChI=1S/C13H17F3N2O/c1-10(13(14,15)16)7-8-17-18-9-11-3-5-12(19-2)6-4-11/h3-8,10,17-18H,9H2,1-2H3/b8-7-. The van der Waals surface area contributed by atoms with Crippen LogP contribution in [-0.4, -0.2) is 13.3 Å². The highest BCUT2D eigenvalue weighted by Crippen LogP contribution is 2.26. The molecule has 0 bridgehead atoms. The molecule has 1 unspecified atom stereocenters. The molecule has 0 radical (unpaired) electrons. The summed E-state index contributed by atoms with van der Waals surface area (Å²) in [6, 6.07) is 7.38. The minimum Gasteiger partial charge on any atom is -0.497 e. The maximum absolute atomic E-state index is 12.2. The fraction of sp³-hybridized carbons (Fsp3) is 0.385. The maximum Gasteiger partial charge on any atom is 0.394 e. The number of rotatable bonds is 6. The van der Waals surface area contributed by atoms with Crippen LogP contribution in [0.15, 0.2) is 36.5 Å². The third kappa shape index (κ3) is 5.65. The van der Waals surface area contributed by atoms with Gasteiger partial charge in [-0.2, -0.15) is 13.2 Å². The third-order valence-electron chi connectivity index (χ3n) is 2.54. The molecule has 1 aromatic carbocycles. The van der Waals surface area contributed by atoms with Crippen LogP contribution in [0.3, 0.4) is 0 Å². The van der Waals surface area contributed by atoms with Crippen molar-refractivity contribution in [2.75, 3.05) is 7.11 Å². The molecular formula is C13H17F3N2O. The Morgan fingerprint density at radius 2 is 1.89 bits per heavy atom. The third-order valence-corrected chi connectivity index (χ3v) is 2.54. The second-order valence-electron chi connectivity index (χ2n) is 4.04. The molecule has 19 heavy (non-hydrogen) atoms. The van der Waals surface area contributed by atoms with E-state index >= 15 is 0 Å². The molecule has 0 aliphatic rings. The zero-order valence-electron chi connectivity index (χ0n) is 10.8. The molecule has 0 aromatic heterocycles. The van der Waals surface area contributed by atoms with Gasteiger partial charge in [-0.1, -0.05) is 25.1 Å². The Balaban J connectivity index is 2.28. The Morgan fingerprint density at radius 3 is 2.42 bits per heavy atom. The molecule has 0 aliphatic heterocycles. The first-order valence-electron chi connectivity index (χ1n) is 5.78. The molecule has 0 fully saturated rings. The molecule has 0 aliphatic carbocycles. The van der Waals surface area contributed by atoms with E-state index in [9.17, 15) is 13.2 Å². The van der Waals surface area contributed by atoms with Crippen LogP contribution in [0.5, 0.6) is 5.75 Å². The summed E-state index contributed by atoms with van der Waals surface area (Å²) in [6.45, 7) is 1.59. The van der Waals surface area contributed by atoms with E-state index in [2.05, 4.69) is 10.9 Å². The molecule has 6 heteroatoms. The van der Waals surface area contributed by atoms with Gasteiger partial charge in [0.1, 0.15) is 5.75 Å². The van der Waals surface area contributed by atoms with Gasteiger partial charge in [-0.25, -0.2) is 5.43 Å². The normalized spacial score (nSPS) is 13.5. The number of allylic oxidation sites excluding steroid dienone is 1. The summed E-state index contributed by atoms with van der Waals surface area (Å²) < 4.78 is 41.6. The van der Waals surface area contributed by atoms with Gasteiger partial charge in [0.2, 0.25) is 0 Å². The summed E-state index contributed by atoms with van der Waals surface area (Å²) in [5, 5.41) is 0. The average molecular weight is 274 g/mol. The van der Waals surface area contributed by atoms with E-state index in [0.717, 1.165) is 24.3 Å². The second-order valence-corrected chi connectivity index (χ2v) is 4.04. The maximum atomic E-state index is 12.2. The predicted molar refractivity (Wildman–Crippen MR) is 67.3 cm³/mol. The van der Waals surface area contributed by atoms with Crippen LogP contribution in [0.25, 0.3) is 0 Å². The number of nitrogens with one attached hydrogen (secondary N) is 2. The van der Waals surface area contributed by atoms with Gasteiger partial charge in [-0.3, -0.25) is 0 Å². The van der Waals surface area contributed by atoms with E-state index in [-0.39, 0.29) is 0 Å². The fourth-order valence-corrected chi connectivity index (χ4v) is 1.26. The minimum absolute atomic E-state index is 0.495. The number of hydrazine groups is 1. The van der Waals surface area contributed by atoms with Crippen LogP contribution in [0.4, 0.5) is 13.2 Å². The number of halogens is 3. The van der Waals surface area contributed by atoms with E-state index in [0.29, 0.717) is 6.54 Å². The summed E-state index contributed by atoms with van der Waals surface area (Å²) in [6.07, 6.45) is -1.89. The highest BCUT2D eigenvalue weighted by Gasteiger charge is 2.33. The summed E-state index contributed by atoms with van der Waals surface area (Å²) in [4.78, 5) is 0. The second kappa shape index (κ2) is 7.04. The lowest BCUT2D eigenvalue weighted by atomic mass is 10.2. The first-order valence-corrected chi connectivity index (χ1v) is 5.78. The first kappa shape index (κ1) is 15.4. The molecule has 0 saturated carbocycles. The number of methoxy groups -OCH3 is 1. The SMILES string of the molecule is COc1ccc(CNN/C=C\C(C)C(F)(F)F)cc1. The number of benzene rings is 1. The van der Waals surface area contributed by atoms with Crippen molar-refractivity contribution in [2.24, 2.45) is 5.92 Å². The highest BCUT2D eigenvalue weighted by atomic mass is 19.4. The zero-order chi connectivity index (χ0) is 14.3. The molecule has 0 saturated heterocycles. The van der Waals surface area contributed by atoms with Crippen molar-refractivity contribution in [3.63, 3.8) is 0 Å². The summed E-state index contributed by atoms with van der Waals surface area (Å²) in [5.41, 5.74) is 6.40. The number of hydrogen-bond donors (Lipinski definition) is 2. The zero-order valence-corrected chi connectivity index (χ0v) is 10.8. The van der Waals surface area contributed by atoms with Gasteiger partial charge in [-0.15, -0.1) is 0 Å². The van der Waals surface area contributed by atoms with Crippen LogP contribution >= 0.6 is 0 Å². The highest BCUT2D eigenvalue weighted by molar-refractivity contribution is 5.26. The molecule has 1 rings (SSSR count). The van der Waals surface area contributed by atoms with Crippen LogP contribution < -0.4 is 15.6 Å². The lowest BCUT2D eigenvalue weighted by Gasteiger charge is -2.11. The molecule has 1 atom stereocenters. The Labute approximate surface area is 110 Å². The molecular weight excluding hydrogens is 257 g/mol. The van der Waals surface area contributed by atoms with E-state index in [4.69, 9.17) is 4.74 Å². The number of hydrogen-bond acceptors (Lipinski definition) is 3. The molecule has 0 spiro atoms. The largest absolute Gasteiger partial charge is 0.497 e. The first-order chi connectivity index (χ1) is 8.93. The van der Waals surface area contributed by atoms with E-state index in [1.54, 1.807) is 7.11 Å². The van der Waals surface area contributed by atoms with Gasteiger partial charge in [0.25, 0.3) is 0 Å². The topological polar surface area (TPSA) is 33.3 Å². The molecule has 2 N–H and O–H groups in total. The number of alkyl halides is 3. The minimum atomic E-state index is -4.20. The van der Waals surface area contributed by atoms with Crippen LogP contribution in [0.2, 0.25) is 0 Å². The predicted octanol–water partition coefficient (Wildman–Crippen LogP) is 3.00. The lowest BCUT2D eigenvalue weighted by molar-refractivity contribution is -0.156. The smallest absolute Gasteiger partial charge is 0.394 e. The fourth-order valence-electron chi connectivity index (χ4n) is 1.26. The summed E-state index contributed by atoms with van der Waals surface area (Å²) >= 11 is 0. The van der Waals surface area contributed by atoms with Crippen molar-refractivity contribution in [3.05, 3.63) is 42.1 Å². The van der Waals surface area contributed by atoms with Gasteiger partial charge < -0.3 is 10.2 Å². The Morgan fingerprint density at radius 1 is 1.26 bits per heavy atom. The van der Waals surface area contributed by atoms with Crippen LogP contribution in [-0.2, 0) is 6.54 Å². The Kier molecular flexibility index (Phi) is 5.69. The van der Waals surface area contributed by atoms with Crippen LogP contribution in [0.1, 0.15) is 12.5 Å². The van der Waals surface area contributed by atoms with Crippen molar-refractivity contribution >= 4 is 0 Å². The van der Waals surface area contributed by atoms with Crippen molar-refractivity contribution in [1.82, 2.24) is 10.9 Å².